The smallest absolute Gasteiger partial charge is 0.497 e. The fourth-order valence-corrected chi connectivity index (χ4v) is 4.59. The lowest BCUT2D eigenvalue weighted by molar-refractivity contribution is 0.214. The molecule has 0 spiro atoms. The average Bonchev–Trinajstić information content (AvgIpc) is 2.89. The van der Waals surface area contributed by atoms with E-state index in [1.807, 2.05) is 12.1 Å². The number of hydrogen-bond donors (Lipinski definition) is 1. The van der Waals surface area contributed by atoms with Gasteiger partial charge in [-0.3, -0.25) is 0 Å². The number of aliphatic hydroxyl groups excluding tert-OH is 1. The van der Waals surface area contributed by atoms with E-state index in [1.165, 1.54) is 7.11 Å². The summed E-state index contributed by atoms with van der Waals surface area (Å²) in [6.45, 7) is 0. The van der Waals surface area contributed by atoms with Gasteiger partial charge >= 0.3 is 7.82 Å². The zero-order valence-corrected chi connectivity index (χ0v) is 20.1. The SMILES string of the molecule is COc1ccc(C(O)c2ccc(OP(=O)(Oc3ccccc3)Oc3ccccc3)cc2)c(OC)c1. The summed E-state index contributed by atoms with van der Waals surface area (Å²) in [5.41, 5.74) is 1.16. The molecule has 35 heavy (non-hydrogen) atoms. The maximum Gasteiger partial charge on any atom is 0.647 e. The third kappa shape index (κ3) is 6.15. The Hall–Kier alpha value is -3.93. The normalized spacial score (nSPS) is 11.9. The summed E-state index contributed by atoms with van der Waals surface area (Å²) < 4.78 is 41.2. The van der Waals surface area contributed by atoms with Crippen molar-refractivity contribution in [1.29, 1.82) is 0 Å². The molecule has 4 aromatic rings. The largest absolute Gasteiger partial charge is 0.647 e. The topological polar surface area (TPSA) is 83.5 Å². The molecule has 7 nitrogen and oxygen atoms in total. The summed E-state index contributed by atoms with van der Waals surface area (Å²) in [5, 5.41) is 10.9. The van der Waals surface area contributed by atoms with Gasteiger partial charge in [0.2, 0.25) is 0 Å². The molecular weight excluding hydrogens is 467 g/mol. The summed E-state index contributed by atoms with van der Waals surface area (Å²) in [6, 6.07) is 29.0. The van der Waals surface area contributed by atoms with Crippen LogP contribution < -0.4 is 23.0 Å². The molecule has 0 bridgehead atoms. The van der Waals surface area contributed by atoms with Gasteiger partial charge in [0.1, 0.15) is 34.9 Å². The minimum Gasteiger partial charge on any atom is -0.497 e. The van der Waals surface area contributed by atoms with E-state index in [2.05, 4.69) is 0 Å². The van der Waals surface area contributed by atoms with Gasteiger partial charge in [0.05, 0.1) is 14.2 Å². The van der Waals surface area contributed by atoms with Crippen molar-refractivity contribution < 1.29 is 32.7 Å². The first-order chi connectivity index (χ1) is 17.0. The Morgan fingerprint density at radius 2 is 1.11 bits per heavy atom. The molecule has 4 rings (SSSR count). The lowest BCUT2D eigenvalue weighted by Gasteiger charge is -2.20. The minimum absolute atomic E-state index is 0.248. The van der Waals surface area contributed by atoms with Crippen molar-refractivity contribution in [3.8, 4) is 28.7 Å². The lowest BCUT2D eigenvalue weighted by atomic mass is 10.0. The monoisotopic (exact) mass is 492 g/mol. The van der Waals surface area contributed by atoms with Gasteiger partial charge in [0, 0.05) is 11.6 Å². The molecule has 180 valence electrons. The molecule has 0 aliphatic rings. The molecule has 8 heteroatoms. The highest BCUT2D eigenvalue weighted by molar-refractivity contribution is 7.49. The number of methoxy groups -OCH3 is 2. The fourth-order valence-electron chi connectivity index (χ4n) is 3.34. The Labute approximate surface area is 204 Å². The van der Waals surface area contributed by atoms with E-state index in [0.29, 0.717) is 34.1 Å². The molecule has 0 saturated carbocycles. The van der Waals surface area contributed by atoms with Crippen molar-refractivity contribution in [3.05, 3.63) is 114 Å². The third-order valence-corrected chi connectivity index (χ3v) is 6.37. The van der Waals surface area contributed by atoms with Crippen LogP contribution >= 0.6 is 7.82 Å². The first-order valence-corrected chi connectivity index (χ1v) is 12.2. The van der Waals surface area contributed by atoms with Crippen LogP contribution in [-0.4, -0.2) is 19.3 Å². The van der Waals surface area contributed by atoms with E-state index in [4.69, 9.17) is 23.0 Å². The number of aliphatic hydroxyl groups is 1. The summed E-state index contributed by atoms with van der Waals surface area (Å²) in [4.78, 5) is 0. The predicted octanol–water partition coefficient (Wildman–Crippen LogP) is 6.43. The second-order valence-corrected chi connectivity index (χ2v) is 8.87. The highest BCUT2D eigenvalue weighted by Crippen LogP contribution is 2.49. The maximum atomic E-state index is 13.6. The highest BCUT2D eigenvalue weighted by Gasteiger charge is 2.33. The molecule has 0 amide bonds. The minimum atomic E-state index is -4.10. The first-order valence-electron chi connectivity index (χ1n) is 10.8. The summed E-state index contributed by atoms with van der Waals surface area (Å²) >= 11 is 0. The number of benzene rings is 4. The molecule has 0 aliphatic heterocycles. The van der Waals surface area contributed by atoms with Crippen LogP contribution in [0.2, 0.25) is 0 Å². The predicted molar refractivity (Wildman–Crippen MR) is 132 cm³/mol. The van der Waals surface area contributed by atoms with Gasteiger partial charge in [-0.05, 0) is 54.1 Å². The second kappa shape index (κ2) is 11.0. The zero-order valence-electron chi connectivity index (χ0n) is 19.2. The van der Waals surface area contributed by atoms with E-state index >= 15 is 0 Å². The summed E-state index contributed by atoms with van der Waals surface area (Å²) in [5.74, 6) is 2.04. The molecule has 0 saturated heterocycles. The lowest BCUT2D eigenvalue weighted by Crippen LogP contribution is -2.08. The van der Waals surface area contributed by atoms with Crippen LogP contribution in [0.4, 0.5) is 0 Å². The Kier molecular flexibility index (Phi) is 7.60. The zero-order chi connectivity index (χ0) is 24.7. The number of phosphoric acid groups is 1. The van der Waals surface area contributed by atoms with Crippen molar-refractivity contribution in [2.75, 3.05) is 14.2 Å². The molecule has 1 atom stereocenters. The van der Waals surface area contributed by atoms with Crippen LogP contribution in [0.5, 0.6) is 28.7 Å². The number of ether oxygens (including phenoxy) is 2. The van der Waals surface area contributed by atoms with Gasteiger partial charge in [-0.25, -0.2) is 0 Å². The van der Waals surface area contributed by atoms with Gasteiger partial charge in [-0.1, -0.05) is 48.5 Å². The van der Waals surface area contributed by atoms with Gasteiger partial charge < -0.3 is 28.2 Å². The first kappa shape index (κ1) is 24.2. The van der Waals surface area contributed by atoms with Crippen molar-refractivity contribution in [1.82, 2.24) is 0 Å². The summed E-state index contributed by atoms with van der Waals surface area (Å²) in [6.07, 6.45) is -0.960. The van der Waals surface area contributed by atoms with Gasteiger partial charge in [0.15, 0.2) is 0 Å². The average molecular weight is 492 g/mol. The van der Waals surface area contributed by atoms with E-state index in [-0.39, 0.29) is 5.75 Å². The van der Waals surface area contributed by atoms with Gasteiger partial charge in [-0.15, -0.1) is 0 Å². The molecule has 4 aromatic carbocycles. The van der Waals surface area contributed by atoms with E-state index < -0.39 is 13.9 Å². The standard InChI is InChI=1S/C27H25O7P/c1-30-24-17-18-25(26(19-24)31-2)27(28)20-13-15-23(16-14-20)34-35(29,32-21-9-5-3-6-10-21)33-22-11-7-4-8-12-22/h3-19,27-28H,1-2H3. The third-order valence-electron chi connectivity index (χ3n) is 5.07. The second-order valence-electron chi connectivity index (χ2n) is 7.43. The number of hydrogen-bond acceptors (Lipinski definition) is 7. The van der Waals surface area contributed by atoms with Crippen molar-refractivity contribution in [2.45, 2.75) is 6.10 Å². The van der Waals surface area contributed by atoms with Crippen LogP contribution in [-0.2, 0) is 4.57 Å². The van der Waals surface area contributed by atoms with Crippen LogP contribution in [0.1, 0.15) is 17.2 Å². The molecule has 0 aliphatic carbocycles. The van der Waals surface area contributed by atoms with E-state index in [9.17, 15) is 9.67 Å². The van der Waals surface area contributed by atoms with E-state index in [1.54, 1.807) is 98.1 Å². The molecule has 0 radical (unpaired) electrons. The van der Waals surface area contributed by atoms with Crippen molar-refractivity contribution in [2.24, 2.45) is 0 Å². The van der Waals surface area contributed by atoms with Gasteiger partial charge in [0.25, 0.3) is 0 Å². The van der Waals surface area contributed by atoms with Crippen LogP contribution in [0.3, 0.4) is 0 Å². The number of phosphoric ester groups is 1. The number of rotatable bonds is 10. The molecule has 1 N–H and O–H groups in total. The molecule has 0 fully saturated rings. The molecular formula is C27H25O7P. The van der Waals surface area contributed by atoms with Crippen LogP contribution in [0.25, 0.3) is 0 Å². The van der Waals surface area contributed by atoms with E-state index in [0.717, 1.165) is 0 Å². The Bertz CT molecular complexity index is 1230. The Morgan fingerprint density at radius 3 is 1.60 bits per heavy atom. The maximum absolute atomic E-state index is 13.6. The molecule has 0 aromatic heterocycles. The Balaban J connectivity index is 1.56. The van der Waals surface area contributed by atoms with Crippen LogP contribution in [0.15, 0.2) is 103 Å². The fraction of sp³-hybridized carbons (Fsp3) is 0.111. The Morgan fingerprint density at radius 1 is 0.629 bits per heavy atom. The summed E-state index contributed by atoms with van der Waals surface area (Å²) in [7, 11) is -1.01. The quantitative estimate of drug-likeness (QED) is 0.255. The van der Waals surface area contributed by atoms with Crippen molar-refractivity contribution >= 4 is 7.82 Å². The van der Waals surface area contributed by atoms with Crippen molar-refractivity contribution in [3.63, 3.8) is 0 Å². The molecule has 0 heterocycles. The molecule has 1 unspecified atom stereocenters. The number of para-hydroxylation sites is 2. The highest BCUT2D eigenvalue weighted by atomic mass is 31.2. The van der Waals surface area contributed by atoms with Gasteiger partial charge in [-0.2, -0.15) is 4.57 Å². The van der Waals surface area contributed by atoms with Crippen LogP contribution in [0, 0.1) is 0 Å².